The fourth-order valence-electron chi connectivity index (χ4n) is 3.90. The SMILES string of the molecule is CCN1CCc2ncnc(N3C[C@@H](C)O[C@@H](c4ccccc4)C3)c2C1. The molecule has 5 nitrogen and oxygen atoms in total. The number of anilines is 1. The summed E-state index contributed by atoms with van der Waals surface area (Å²) in [7, 11) is 0. The molecule has 1 saturated heterocycles. The van der Waals surface area contributed by atoms with Crippen molar-refractivity contribution in [1.82, 2.24) is 14.9 Å². The molecule has 0 saturated carbocycles. The van der Waals surface area contributed by atoms with E-state index in [0.717, 1.165) is 45.0 Å². The molecule has 1 fully saturated rings. The van der Waals surface area contributed by atoms with Gasteiger partial charge in [0.05, 0.1) is 11.8 Å². The molecule has 0 amide bonds. The van der Waals surface area contributed by atoms with Gasteiger partial charge < -0.3 is 9.64 Å². The minimum atomic E-state index is 0.0847. The lowest BCUT2D eigenvalue weighted by Gasteiger charge is -2.39. The second-order valence-electron chi connectivity index (χ2n) is 6.99. The molecule has 1 aromatic carbocycles. The monoisotopic (exact) mass is 338 g/mol. The van der Waals surface area contributed by atoms with Crippen LogP contribution in [0.15, 0.2) is 36.7 Å². The predicted molar refractivity (Wildman–Crippen MR) is 98.6 cm³/mol. The van der Waals surface area contributed by atoms with Crippen LogP contribution in [0.3, 0.4) is 0 Å². The van der Waals surface area contributed by atoms with E-state index in [4.69, 9.17) is 4.74 Å². The molecule has 3 heterocycles. The molecule has 0 spiro atoms. The smallest absolute Gasteiger partial charge is 0.136 e. The average Bonchev–Trinajstić information content (AvgIpc) is 2.67. The highest BCUT2D eigenvalue weighted by atomic mass is 16.5. The van der Waals surface area contributed by atoms with Crippen molar-refractivity contribution in [3.05, 3.63) is 53.5 Å². The first-order chi connectivity index (χ1) is 12.2. The maximum atomic E-state index is 6.21. The average molecular weight is 338 g/mol. The Balaban J connectivity index is 1.63. The quantitative estimate of drug-likeness (QED) is 0.861. The number of hydrogen-bond acceptors (Lipinski definition) is 5. The second-order valence-corrected chi connectivity index (χ2v) is 6.99. The molecule has 2 atom stereocenters. The molecule has 0 unspecified atom stereocenters. The highest BCUT2D eigenvalue weighted by Gasteiger charge is 2.30. The maximum absolute atomic E-state index is 6.21. The largest absolute Gasteiger partial charge is 0.367 e. The van der Waals surface area contributed by atoms with E-state index in [1.54, 1.807) is 6.33 Å². The van der Waals surface area contributed by atoms with Crippen molar-refractivity contribution in [3.63, 3.8) is 0 Å². The van der Waals surface area contributed by atoms with Crippen molar-refractivity contribution in [2.45, 2.75) is 39.0 Å². The van der Waals surface area contributed by atoms with Gasteiger partial charge in [0.15, 0.2) is 0 Å². The lowest BCUT2D eigenvalue weighted by molar-refractivity contribution is -0.0177. The molecule has 0 aliphatic carbocycles. The maximum Gasteiger partial charge on any atom is 0.136 e. The van der Waals surface area contributed by atoms with E-state index in [9.17, 15) is 0 Å². The first-order valence-corrected chi connectivity index (χ1v) is 9.25. The first kappa shape index (κ1) is 16.5. The molecule has 1 aromatic heterocycles. The van der Waals surface area contributed by atoms with Gasteiger partial charge in [0, 0.05) is 38.2 Å². The van der Waals surface area contributed by atoms with Crippen molar-refractivity contribution in [1.29, 1.82) is 0 Å². The third kappa shape index (κ3) is 3.39. The normalized spacial score (nSPS) is 24.2. The van der Waals surface area contributed by atoms with Crippen LogP contribution in [-0.2, 0) is 17.7 Å². The summed E-state index contributed by atoms with van der Waals surface area (Å²) in [6, 6.07) is 10.5. The minimum Gasteiger partial charge on any atom is -0.367 e. The number of rotatable bonds is 3. The highest BCUT2D eigenvalue weighted by Crippen LogP contribution is 2.31. The zero-order chi connectivity index (χ0) is 17.2. The van der Waals surface area contributed by atoms with E-state index in [-0.39, 0.29) is 12.2 Å². The molecule has 2 aliphatic rings. The molecule has 2 aromatic rings. The van der Waals surface area contributed by atoms with Gasteiger partial charge in [-0.25, -0.2) is 9.97 Å². The van der Waals surface area contributed by atoms with Gasteiger partial charge in [0.1, 0.15) is 18.2 Å². The van der Waals surface area contributed by atoms with Crippen LogP contribution in [0.2, 0.25) is 0 Å². The number of nitrogens with zero attached hydrogens (tertiary/aromatic N) is 4. The summed E-state index contributed by atoms with van der Waals surface area (Å²) in [5.41, 5.74) is 3.75. The van der Waals surface area contributed by atoms with Crippen molar-refractivity contribution >= 4 is 5.82 Å². The van der Waals surface area contributed by atoms with E-state index in [2.05, 4.69) is 57.9 Å². The number of aromatic nitrogens is 2. The van der Waals surface area contributed by atoms with Crippen molar-refractivity contribution in [2.24, 2.45) is 0 Å². The summed E-state index contributed by atoms with van der Waals surface area (Å²) in [5, 5.41) is 0. The summed E-state index contributed by atoms with van der Waals surface area (Å²) in [4.78, 5) is 14.1. The lowest BCUT2D eigenvalue weighted by atomic mass is 10.0. The Morgan fingerprint density at radius 2 is 2.00 bits per heavy atom. The van der Waals surface area contributed by atoms with Gasteiger partial charge >= 0.3 is 0 Å². The van der Waals surface area contributed by atoms with Crippen LogP contribution in [0.5, 0.6) is 0 Å². The van der Waals surface area contributed by atoms with Gasteiger partial charge in [-0.1, -0.05) is 37.3 Å². The van der Waals surface area contributed by atoms with Crippen molar-refractivity contribution < 1.29 is 4.74 Å². The Morgan fingerprint density at radius 1 is 1.16 bits per heavy atom. The van der Waals surface area contributed by atoms with Crippen LogP contribution in [-0.4, -0.2) is 47.2 Å². The van der Waals surface area contributed by atoms with Crippen LogP contribution >= 0.6 is 0 Å². The van der Waals surface area contributed by atoms with Crippen LogP contribution in [0.4, 0.5) is 5.82 Å². The minimum absolute atomic E-state index is 0.0847. The van der Waals surface area contributed by atoms with Gasteiger partial charge in [-0.3, -0.25) is 4.90 Å². The molecule has 0 radical (unpaired) electrons. The van der Waals surface area contributed by atoms with Gasteiger partial charge in [-0.15, -0.1) is 0 Å². The summed E-state index contributed by atoms with van der Waals surface area (Å²) >= 11 is 0. The molecule has 25 heavy (non-hydrogen) atoms. The number of ether oxygens (including phenoxy) is 1. The van der Waals surface area contributed by atoms with Crippen LogP contribution < -0.4 is 4.90 Å². The Morgan fingerprint density at radius 3 is 2.80 bits per heavy atom. The van der Waals surface area contributed by atoms with Gasteiger partial charge in [-0.05, 0) is 19.0 Å². The number of hydrogen-bond donors (Lipinski definition) is 0. The third-order valence-corrected chi connectivity index (χ3v) is 5.24. The first-order valence-electron chi connectivity index (χ1n) is 9.25. The molecule has 0 bridgehead atoms. The lowest BCUT2D eigenvalue weighted by Crippen LogP contribution is -2.44. The van der Waals surface area contributed by atoms with E-state index in [1.807, 2.05) is 6.07 Å². The zero-order valence-electron chi connectivity index (χ0n) is 15.1. The van der Waals surface area contributed by atoms with Crippen LogP contribution in [0.25, 0.3) is 0 Å². The molecular weight excluding hydrogens is 312 g/mol. The third-order valence-electron chi connectivity index (χ3n) is 5.24. The Hall–Kier alpha value is -1.98. The predicted octanol–water partition coefficient (Wildman–Crippen LogP) is 2.82. The van der Waals surface area contributed by atoms with Gasteiger partial charge in [-0.2, -0.15) is 0 Å². The molecule has 2 aliphatic heterocycles. The van der Waals surface area contributed by atoms with E-state index >= 15 is 0 Å². The molecule has 4 rings (SSSR count). The van der Waals surface area contributed by atoms with Crippen molar-refractivity contribution in [2.75, 3.05) is 31.1 Å². The molecular formula is C20H26N4O. The van der Waals surface area contributed by atoms with Gasteiger partial charge in [0.2, 0.25) is 0 Å². The fourth-order valence-corrected chi connectivity index (χ4v) is 3.90. The topological polar surface area (TPSA) is 41.5 Å². The Kier molecular flexibility index (Phi) is 4.68. The number of fused-ring (bicyclic) bond motifs is 1. The summed E-state index contributed by atoms with van der Waals surface area (Å²) in [5.74, 6) is 1.10. The van der Waals surface area contributed by atoms with Crippen molar-refractivity contribution in [3.8, 4) is 0 Å². The summed E-state index contributed by atoms with van der Waals surface area (Å²) in [6.45, 7) is 9.18. The Bertz CT molecular complexity index is 721. The molecule has 5 heteroatoms. The summed E-state index contributed by atoms with van der Waals surface area (Å²) < 4.78 is 6.21. The van der Waals surface area contributed by atoms with E-state index in [1.165, 1.54) is 16.8 Å². The second kappa shape index (κ2) is 7.10. The number of morpholine rings is 1. The van der Waals surface area contributed by atoms with E-state index < -0.39 is 0 Å². The number of likely N-dealkylation sites (N-methyl/N-ethyl adjacent to an activating group) is 1. The number of benzene rings is 1. The summed E-state index contributed by atoms with van der Waals surface area (Å²) in [6.07, 6.45) is 3.01. The zero-order valence-corrected chi connectivity index (χ0v) is 15.1. The molecule has 0 N–H and O–H groups in total. The molecule has 132 valence electrons. The van der Waals surface area contributed by atoms with Gasteiger partial charge in [0.25, 0.3) is 0 Å². The fraction of sp³-hybridized carbons (Fsp3) is 0.500. The van der Waals surface area contributed by atoms with E-state index in [0.29, 0.717) is 0 Å². The van der Waals surface area contributed by atoms with Crippen LogP contribution in [0.1, 0.15) is 36.8 Å². The standard InChI is InChI=1S/C20H26N4O/c1-3-23-10-9-18-17(12-23)20(22-14-21-18)24-11-15(2)25-19(13-24)16-7-5-4-6-8-16/h4-8,14-15,19H,3,9-13H2,1-2H3/t15-,19-/m1/s1. The van der Waals surface area contributed by atoms with Crippen LogP contribution in [0, 0.1) is 0 Å². The highest BCUT2D eigenvalue weighted by molar-refractivity contribution is 5.50. The Labute approximate surface area is 149 Å².